The van der Waals surface area contributed by atoms with Gasteiger partial charge in [0.15, 0.2) is 5.82 Å². The molecule has 0 aliphatic carbocycles. The number of hydrogen-bond acceptors (Lipinski definition) is 3. The number of carbonyl (C=O) groups excluding carboxylic acids is 1. The largest absolute Gasteiger partial charge is 0.303 e. The molecule has 0 aliphatic rings. The highest BCUT2D eigenvalue weighted by Gasteiger charge is 2.21. The SMILES string of the molecule is Cn1ncnc1C(=O)C(F)F. The maximum Gasteiger partial charge on any atom is 0.303 e. The third kappa shape index (κ3) is 1.39. The summed E-state index contributed by atoms with van der Waals surface area (Å²) in [4.78, 5) is 13.9. The lowest BCUT2D eigenvalue weighted by Gasteiger charge is -1.95. The van der Waals surface area contributed by atoms with E-state index < -0.39 is 12.2 Å². The molecule has 0 spiro atoms. The quantitative estimate of drug-likeness (QED) is 0.584. The highest BCUT2D eigenvalue weighted by atomic mass is 19.3. The number of ketones is 1. The summed E-state index contributed by atoms with van der Waals surface area (Å²) in [5.41, 5.74) is 0. The van der Waals surface area contributed by atoms with Gasteiger partial charge in [0, 0.05) is 7.05 Å². The van der Waals surface area contributed by atoms with Gasteiger partial charge in [-0.05, 0) is 0 Å². The van der Waals surface area contributed by atoms with Crippen LogP contribution < -0.4 is 0 Å². The van der Waals surface area contributed by atoms with E-state index in [0.29, 0.717) is 0 Å². The van der Waals surface area contributed by atoms with Crippen molar-refractivity contribution in [2.75, 3.05) is 0 Å². The molecule has 1 heterocycles. The van der Waals surface area contributed by atoms with Gasteiger partial charge in [-0.1, -0.05) is 0 Å². The van der Waals surface area contributed by atoms with Crippen LogP contribution in [0.2, 0.25) is 0 Å². The number of aromatic nitrogens is 3. The number of carbonyl (C=O) groups is 1. The average Bonchev–Trinajstić information content (AvgIpc) is 2.33. The van der Waals surface area contributed by atoms with E-state index in [1.807, 2.05) is 0 Å². The van der Waals surface area contributed by atoms with Gasteiger partial charge in [-0.2, -0.15) is 5.10 Å². The van der Waals surface area contributed by atoms with Crippen LogP contribution in [0, 0.1) is 0 Å². The second kappa shape index (κ2) is 2.73. The Bertz CT molecular complexity index is 270. The van der Waals surface area contributed by atoms with Crippen LogP contribution in [-0.2, 0) is 7.05 Å². The molecule has 1 aromatic heterocycles. The molecule has 0 atom stereocenters. The summed E-state index contributed by atoms with van der Waals surface area (Å²) in [5, 5.41) is 3.47. The second-order valence-corrected chi connectivity index (χ2v) is 1.87. The first-order valence-electron chi connectivity index (χ1n) is 2.79. The highest BCUT2D eigenvalue weighted by molar-refractivity contribution is 5.95. The fraction of sp³-hybridized carbons (Fsp3) is 0.400. The number of halogens is 2. The molecule has 60 valence electrons. The minimum absolute atomic E-state index is 0.319. The molecule has 1 rings (SSSR count). The number of rotatable bonds is 2. The molecule has 0 saturated carbocycles. The molecule has 0 fully saturated rings. The molecular weight excluding hydrogens is 156 g/mol. The summed E-state index contributed by atoms with van der Waals surface area (Å²) in [6.45, 7) is 0. The molecule has 1 aromatic rings. The minimum atomic E-state index is -3.02. The van der Waals surface area contributed by atoms with Crippen LogP contribution >= 0.6 is 0 Å². The fourth-order valence-electron chi connectivity index (χ4n) is 0.617. The summed E-state index contributed by atoms with van der Waals surface area (Å²) < 4.78 is 24.5. The van der Waals surface area contributed by atoms with E-state index in [-0.39, 0.29) is 5.82 Å². The van der Waals surface area contributed by atoms with E-state index in [2.05, 4.69) is 10.1 Å². The van der Waals surface area contributed by atoms with Gasteiger partial charge in [0.05, 0.1) is 0 Å². The molecule has 0 radical (unpaired) electrons. The van der Waals surface area contributed by atoms with Crippen LogP contribution in [-0.4, -0.2) is 27.0 Å². The van der Waals surface area contributed by atoms with Crippen LogP contribution in [0.15, 0.2) is 6.33 Å². The van der Waals surface area contributed by atoms with Crippen LogP contribution in [0.1, 0.15) is 10.6 Å². The Morgan fingerprint density at radius 1 is 1.73 bits per heavy atom. The zero-order valence-electron chi connectivity index (χ0n) is 5.66. The van der Waals surface area contributed by atoms with Gasteiger partial charge in [0.1, 0.15) is 6.33 Å². The molecule has 0 bridgehead atoms. The summed E-state index contributed by atoms with van der Waals surface area (Å²) in [7, 11) is 1.38. The van der Waals surface area contributed by atoms with Crippen molar-refractivity contribution < 1.29 is 13.6 Å². The van der Waals surface area contributed by atoms with Crippen molar-refractivity contribution in [2.45, 2.75) is 6.43 Å². The number of alkyl halides is 2. The number of aryl methyl sites for hydroxylation is 1. The van der Waals surface area contributed by atoms with Gasteiger partial charge in [-0.3, -0.25) is 4.79 Å². The first-order valence-corrected chi connectivity index (χ1v) is 2.79. The predicted octanol–water partition coefficient (Wildman–Crippen LogP) is 0.263. The average molecular weight is 161 g/mol. The van der Waals surface area contributed by atoms with E-state index in [1.165, 1.54) is 7.05 Å². The van der Waals surface area contributed by atoms with Crippen molar-refractivity contribution in [3.8, 4) is 0 Å². The lowest BCUT2D eigenvalue weighted by Crippen LogP contribution is -2.16. The van der Waals surface area contributed by atoms with Crippen LogP contribution in [0.25, 0.3) is 0 Å². The molecule has 0 aromatic carbocycles. The lowest BCUT2D eigenvalue weighted by atomic mass is 10.4. The third-order valence-corrected chi connectivity index (χ3v) is 1.13. The Kier molecular flexibility index (Phi) is 1.93. The van der Waals surface area contributed by atoms with Gasteiger partial charge in [-0.25, -0.2) is 18.4 Å². The Balaban J connectivity index is 2.93. The molecule has 0 aliphatic heterocycles. The normalized spacial score (nSPS) is 10.5. The standard InChI is InChI=1S/C5H5F2N3O/c1-10-5(8-2-9-10)3(11)4(6)7/h2,4H,1H3. The zero-order valence-corrected chi connectivity index (χ0v) is 5.66. The molecule has 0 N–H and O–H groups in total. The van der Waals surface area contributed by atoms with Gasteiger partial charge >= 0.3 is 6.43 Å². The fourth-order valence-corrected chi connectivity index (χ4v) is 0.617. The topological polar surface area (TPSA) is 47.8 Å². The molecule has 0 unspecified atom stereocenters. The summed E-state index contributed by atoms with van der Waals surface area (Å²) in [6, 6.07) is 0. The van der Waals surface area contributed by atoms with Crippen molar-refractivity contribution in [3.05, 3.63) is 12.2 Å². The Morgan fingerprint density at radius 3 is 2.73 bits per heavy atom. The predicted molar refractivity (Wildman–Crippen MR) is 31.3 cm³/mol. The third-order valence-electron chi connectivity index (χ3n) is 1.13. The maximum absolute atomic E-state index is 11.7. The molecular formula is C5H5F2N3O. The number of Topliss-reactive ketones (excluding diaryl/α,β-unsaturated/α-hetero) is 1. The lowest BCUT2D eigenvalue weighted by molar-refractivity contribution is 0.0662. The Morgan fingerprint density at radius 2 is 2.36 bits per heavy atom. The summed E-state index contributed by atoms with van der Waals surface area (Å²) in [5.74, 6) is -1.62. The van der Waals surface area contributed by atoms with Gasteiger partial charge < -0.3 is 0 Å². The first kappa shape index (κ1) is 7.77. The van der Waals surface area contributed by atoms with Crippen molar-refractivity contribution in [3.63, 3.8) is 0 Å². The Hall–Kier alpha value is -1.33. The van der Waals surface area contributed by atoms with Crippen LogP contribution in [0.5, 0.6) is 0 Å². The molecule has 0 amide bonds. The van der Waals surface area contributed by atoms with Crippen molar-refractivity contribution >= 4 is 5.78 Å². The minimum Gasteiger partial charge on any atom is -0.284 e. The van der Waals surface area contributed by atoms with Gasteiger partial charge in [0.25, 0.3) is 5.78 Å². The summed E-state index contributed by atoms with van der Waals surface area (Å²) in [6.07, 6.45) is -1.96. The molecule has 11 heavy (non-hydrogen) atoms. The molecule has 0 saturated heterocycles. The number of hydrogen-bond donors (Lipinski definition) is 0. The Labute approximate surface area is 60.8 Å². The molecule has 4 nitrogen and oxygen atoms in total. The van der Waals surface area contributed by atoms with E-state index in [9.17, 15) is 13.6 Å². The smallest absolute Gasteiger partial charge is 0.284 e. The van der Waals surface area contributed by atoms with Gasteiger partial charge in [0.2, 0.25) is 0 Å². The van der Waals surface area contributed by atoms with E-state index in [0.717, 1.165) is 11.0 Å². The highest BCUT2D eigenvalue weighted by Crippen LogP contribution is 2.02. The maximum atomic E-state index is 11.7. The van der Waals surface area contributed by atoms with Crippen molar-refractivity contribution in [1.29, 1.82) is 0 Å². The van der Waals surface area contributed by atoms with Crippen LogP contribution in [0.4, 0.5) is 8.78 Å². The second-order valence-electron chi connectivity index (χ2n) is 1.87. The van der Waals surface area contributed by atoms with E-state index in [4.69, 9.17) is 0 Å². The van der Waals surface area contributed by atoms with Crippen molar-refractivity contribution in [2.24, 2.45) is 7.05 Å². The molecule has 6 heteroatoms. The first-order chi connectivity index (χ1) is 5.13. The van der Waals surface area contributed by atoms with E-state index >= 15 is 0 Å². The van der Waals surface area contributed by atoms with E-state index in [1.54, 1.807) is 0 Å². The van der Waals surface area contributed by atoms with Crippen molar-refractivity contribution in [1.82, 2.24) is 14.8 Å². The number of nitrogens with zero attached hydrogens (tertiary/aromatic N) is 3. The van der Waals surface area contributed by atoms with Gasteiger partial charge in [-0.15, -0.1) is 0 Å². The van der Waals surface area contributed by atoms with Crippen LogP contribution in [0.3, 0.4) is 0 Å². The zero-order chi connectivity index (χ0) is 8.43. The monoisotopic (exact) mass is 161 g/mol. The summed E-state index contributed by atoms with van der Waals surface area (Å²) >= 11 is 0.